The topological polar surface area (TPSA) is 30.9 Å². The molecule has 1 N–H and O–H groups in total. The second kappa shape index (κ2) is 8.18. The van der Waals surface area contributed by atoms with Gasteiger partial charge in [-0.1, -0.05) is 45.0 Å². The van der Waals surface area contributed by atoms with Crippen LogP contribution in [0.3, 0.4) is 0 Å². The first-order valence-electron chi connectivity index (χ1n) is 8.51. The second-order valence-electron chi connectivity index (χ2n) is 5.84. The number of nitrogens with one attached hydrogen (secondary N) is 1. The Balaban J connectivity index is 2.11. The van der Waals surface area contributed by atoms with E-state index in [2.05, 4.69) is 72.2 Å². The number of aliphatic imine (C=N–C) groups is 1. The molecule has 1 unspecified atom stereocenters. The fourth-order valence-electron chi connectivity index (χ4n) is 3.01. The molecule has 0 bridgehead atoms. The quantitative estimate of drug-likeness (QED) is 0.839. The summed E-state index contributed by atoms with van der Waals surface area (Å²) in [6.45, 7) is 11.6. The van der Waals surface area contributed by atoms with E-state index in [1.807, 2.05) is 0 Å². The van der Waals surface area contributed by atoms with Gasteiger partial charge in [0.05, 0.1) is 12.6 Å². The van der Waals surface area contributed by atoms with Crippen molar-refractivity contribution in [3.05, 3.63) is 35.4 Å². The summed E-state index contributed by atoms with van der Waals surface area (Å²) in [5.74, 6) is 1.03. The number of benzene rings is 1. The molecule has 1 aromatic rings. The molecule has 1 aromatic carbocycles. The molecular formula is C18H30N4. The van der Waals surface area contributed by atoms with Gasteiger partial charge in [-0.3, -0.25) is 9.89 Å². The monoisotopic (exact) mass is 302 g/mol. The highest BCUT2D eigenvalue weighted by molar-refractivity contribution is 5.81. The highest BCUT2D eigenvalue weighted by Gasteiger charge is 2.20. The van der Waals surface area contributed by atoms with Crippen LogP contribution in [0.5, 0.6) is 0 Å². The minimum absolute atomic E-state index is 0.387. The van der Waals surface area contributed by atoms with E-state index < -0.39 is 0 Å². The van der Waals surface area contributed by atoms with Crippen LogP contribution in [0.1, 0.15) is 37.9 Å². The van der Waals surface area contributed by atoms with Crippen molar-refractivity contribution in [1.82, 2.24) is 15.1 Å². The molecule has 2 rings (SSSR count). The maximum Gasteiger partial charge on any atom is 0.193 e. The minimum Gasteiger partial charge on any atom is -0.354 e. The number of rotatable bonds is 7. The zero-order valence-corrected chi connectivity index (χ0v) is 14.5. The normalized spacial score (nSPS) is 16.0. The third kappa shape index (κ3) is 4.01. The summed E-state index contributed by atoms with van der Waals surface area (Å²) >= 11 is 0. The van der Waals surface area contributed by atoms with Crippen molar-refractivity contribution < 1.29 is 0 Å². The van der Waals surface area contributed by atoms with Gasteiger partial charge in [-0.25, -0.2) is 0 Å². The number of guanidine groups is 1. The van der Waals surface area contributed by atoms with E-state index in [0.29, 0.717) is 6.04 Å². The van der Waals surface area contributed by atoms with Crippen molar-refractivity contribution in [2.75, 3.05) is 39.8 Å². The zero-order chi connectivity index (χ0) is 15.9. The van der Waals surface area contributed by atoms with Gasteiger partial charge in [-0.05, 0) is 30.6 Å². The summed E-state index contributed by atoms with van der Waals surface area (Å²) in [5.41, 5.74) is 2.78. The van der Waals surface area contributed by atoms with Crippen LogP contribution in [0.2, 0.25) is 0 Å². The smallest absolute Gasteiger partial charge is 0.193 e. The first kappa shape index (κ1) is 16.8. The van der Waals surface area contributed by atoms with Gasteiger partial charge in [0.2, 0.25) is 0 Å². The van der Waals surface area contributed by atoms with Gasteiger partial charge < -0.3 is 10.2 Å². The molecule has 4 heteroatoms. The Morgan fingerprint density at radius 1 is 1.18 bits per heavy atom. The van der Waals surface area contributed by atoms with Crippen molar-refractivity contribution in [1.29, 1.82) is 0 Å². The van der Waals surface area contributed by atoms with Gasteiger partial charge >= 0.3 is 0 Å². The van der Waals surface area contributed by atoms with Crippen LogP contribution >= 0.6 is 0 Å². The number of likely N-dealkylation sites (N-methyl/N-ethyl adjacent to an activating group) is 2. The van der Waals surface area contributed by atoms with Crippen LogP contribution in [-0.4, -0.2) is 55.5 Å². The Labute approximate surface area is 135 Å². The maximum atomic E-state index is 4.53. The van der Waals surface area contributed by atoms with E-state index in [4.69, 9.17) is 0 Å². The molecule has 0 saturated heterocycles. The Hall–Kier alpha value is -1.55. The van der Waals surface area contributed by atoms with Gasteiger partial charge in [-0.15, -0.1) is 0 Å². The van der Waals surface area contributed by atoms with E-state index >= 15 is 0 Å². The molecule has 0 aromatic heterocycles. The molecule has 1 aliphatic heterocycles. The SMILES string of the molecule is CCc1ccc(C(CNC2=NCCN2C)N(CC)CC)cc1. The number of hydrogen-bond acceptors (Lipinski definition) is 4. The molecule has 0 saturated carbocycles. The molecule has 0 aliphatic carbocycles. The average molecular weight is 302 g/mol. The lowest BCUT2D eigenvalue weighted by atomic mass is 10.0. The van der Waals surface area contributed by atoms with Gasteiger partial charge in [0, 0.05) is 20.1 Å². The Bertz CT molecular complexity index is 476. The van der Waals surface area contributed by atoms with E-state index in [0.717, 1.165) is 45.1 Å². The lowest BCUT2D eigenvalue weighted by Crippen LogP contribution is -2.42. The molecule has 0 radical (unpaired) electrons. The summed E-state index contributed by atoms with van der Waals surface area (Å²) in [7, 11) is 2.10. The molecule has 1 atom stereocenters. The van der Waals surface area contributed by atoms with Crippen molar-refractivity contribution >= 4 is 5.96 Å². The highest BCUT2D eigenvalue weighted by Crippen LogP contribution is 2.21. The largest absolute Gasteiger partial charge is 0.354 e. The number of hydrogen-bond donors (Lipinski definition) is 1. The van der Waals surface area contributed by atoms with E-state index in [1.54, 1.807) is 0 Å². The maximum absolute atomic E-state index is 4.53. The predicted octanol–water partition coefficient (Wildman–Crippen LogP) is 2.52. The van der Waals surface area contributed by atoms with Gasteiger partial charge in [0.25, 0.3) is 0 Å². The lowest BCUT2D eigenvalue weighted by Gasteiger charge is -2.31. The molecule has 1 aliphatic rings. The molecular weight excluding hydrogens is 272 g/mol. The third-order valence-electron chi connectivity index (χ3n) is 4.54. The lowest BCUT2D eigenvalue weighted by molar-refractivity contribution is 0.218. The second-order valence-corrected chi connectivity index (χ2v) is 5.84. The highest BCUT2D eigenvalue weighted by atomic mass is 15.3. The Morgan fingerprint density at radius 2 is 1.86 bits per heavy atom. The summed E-state index contributed by atoms with van der Waals surface area (Å²) in [5, 5.41) is 3.54. The van der Waals surface area contributed by atoms with Crippen LogP contribution < -0.4 is 5.32 Å². The van der Waals surface area contributed by atoms with E-state index in [9.17, 15) is 0 Å². The predicted molar refractivity (Wildman–Crippen MR) is 94.4 cm³/mol. The number of aryl methyl sites for hydroxylation is 1. The Morgan fingerprint density at radius 3 is 2.36 bits per heavy atom. The van der Waals surface area contributed by atoms with Crippen molar-refractivity contribution in [2.24, 2.45) is 4.99 Å². The number of nitrogens with zero attached hydrogens (tertiary/aromatic N) is 3. The first-order chi connectivity index (χ1) is 10.7. The average Bonchev–Trinajstić information content (AvgIpc) is 2.97. The van der Waals surface area contributed by atoms with Crippen LogP contribution in [-0.2, 0) is 6.42 Å². The van der Waals surface area contributed by atoms with Crippen LogP contribution in [0, 0.1) is 0 Å². The molecule has 22 heavy (non-hydrogen) atoms. The molecule has 0 fully saturated rings. The van der Waals surface area contributed by atoms with Crippen molar-refractivity contribution in [3.63, 3.8) is 0 Å². The molecule has 122 valence electrons. The van der Waals surface area contributed by atoms with Crippen LogP contribution in [0.15, 0.2) is 29.3 Å². The summed E-state index contributed by atoms with van der Waals surface area (Å²) in [4.78, 5) is 9.23. The van der Waals surface area contributed by atoms with Gasteiger partial charge in [0.15, 0.2) is 5.96 Å². The molecule has 1 heterocycles. The summed E-state index contributed by atoms with van der Waals surface area (Å²) in [6.07, 6.45) is 1.09. The van der Waals surface area contributed by atoms with Crippen LogP contribution in [0.25, 0.3) is 0 Å². The van der Waals surface area contributed by atoms with Gasteiger partial charge in [0.1, 0.15) is 0 Å². The third-order valence-corrected chi connectivity index (χ3v) is 4.54. The van der Waals surface area contributed by atoms with Gasteiger partial charge in [-0.2, -0.15) is 0 Å². The fraction of sp³-hybridized carbons (Fsp3) is 0.611. The van der Waals surface area contributed by atoms with E-state index in [-0.39, 0.29) is 0 Å². The standard InChI is InChI=1S/C18H30N4/c1-5-15-8-10-16(11-9-15)17(22(6-2)7-3)14-20-18-19-12-13-21(18)4/h8-11,17H,5-7,12-14H2,1-4H3,(H,19,20). The van der Waals surface area contributed by atoms with E-state index in [1.165, 1.54) is 11.1 Å². The Kier molecular flexibility index (Phi) is 6.25. The fourth-order valence-corrected chi connectivity index (χ4v) is 3.01. The first-order valence-corrected chi connectivity index (χ1v) is 8.51. The van der Waals surface area contributed by atoms with Crippen molar-refractivity contribution in [3.8, 4) is 0 Å². The summed E-state index contributed by atoms with van der Waals surface area (Å²) in [6, 6.07) is 9.46. The molecule has 0 amide bonds. The van der Waals surface area contributed by atoms with Crippen molar-refractivity contribution in [2.45, 2.75) is 33.2 Å². The minimum atomic E-state index is 0.387. The summed E-state index contributed by atoms with van der Waals surface area (Å²) < 4.78 is 0. The molecule has 0 spiro atoms. The molecule has 4 nitrogen and oxygen atoms in total. The van der Waals surface area contributed by atoms with Crippen LogP contribution in [0.4, 0.5) is 0 Å². The zero-order valence-electron chi connectivity index (χ0n) is 14.5.